The molecule has 9 heteroatoms. The Balaban J connectivity index is 1.89. The Kier molecular flexibility index (Phi) is 6.17. The van der Waals surface area contributed by atoms with Gasteiger partial charge in [-0.3, -0.25) is 10.2 Å². The molecule has 1 aliphatic rings. The van der Waals surface area contributed by atoms with Crippen LogP contribution in [-0.2, 0) is 4.74 Å². The van der Waals surface area contributed by atoms with E-state index in [1.165, 1.54) is 11.3 Å². The van der Waals surface area contributed by atoms with E-state index in [1.54, 1.807) is 6.92 Å². The van der Waals surface area contributed by atoms with Crippen LogP contribution in [0, 0.1) is 12.8 Å². The molecule has 0 spiro atoms. The Bertz CT molecular complexity index is 555. The number of hydrogen-bond acceptors (Lipinski definition) is 6. The summed E-state index contributed by atoms with van der Waals surface area (Å²) in [5, 5.41) is 3.47. The molecule has 128 valence electrons. The van der Waals surface area contributed by atoms with Crippen LogP contribution in [0.15, 0.2) is 0 Å². The Morgan fingerprint density at radius 3 is 2.65 bits per heavy atom. The number of carbonyl (C=O) groups is 2. The van der Waals surface area contributed by atoms with Gasteiger partial charge in [-0.2, -0.15) is 0 Å². The Hall–Kier alpha value is -1.87. The number of hydrazine groups is 1. The number of morpholine rings is 1. The SMILES string of the molecule is Cc1nc(N2CCOCC2)sc1C(=O)NNC(=O)NCC(C)C. The highest BCUT2D eigenvalue weighted by Crippen LogP contribution is 2.26. The molecule has 1 fully saturated rings. The molecule has 3 amide bonds. The normalized spacial score (nSPS) is 14.7. The molecule has 8 nitrogen and oxygen atoms in total. The summed E-state index contributed by atoms with van der Waals surface area (Å²) in [6.45, 7) is 9.18. The zero-order valence-electron chi connectivity index (χ0n) is 13.6. The van der Waals surface area contributed by atoms with Gasteiger partial charge in [0.25, 0.3) is 5.91 Å². The van der Waals surface area contributed by atoms with Crippen molar-refractivity contribution in [2.75, 3.05) is 37.7 Å². The maximum absolute atomic E-state index is 12.2. The molecule has 0 saturated carbocycles. The van der Waals surface area contributed by atoms with Crippen molar-refractivity contribution in [2.24, 2.45) is 5.92 Å². The van der Waals surface area contributed by atoms with Crippen LogP contribution in [-0.4, -0.2) is 49.8 Å². The highest BCUT2D eigenvalue weighted by molar-refractivity contribution is 7.17. The van der Waals surface area contributed by atoms with Crippen LogP contribution in [0.25, 0.3) is 0 Å². The maximum Gasteiger partial charge on any atom is 0.333 e. The summed E-state index contributed by atoms with van der Waals surface area (Å²) in [7, 11) is 0. The Morgan fingerprint density at radius 2 is 2.00 bits per heavy atom. The van der Waals surface area contributed by atoms with Crippen LogP contribution in [0.5, 0.6) is 0 Å². The Morgan fingerprint density at radius 1 is 1.30 bits per heavy atom. The first kappa shape index (κ1) is 17.5. The molecule has 0 bridgehead atoms. The van der Waals surface area contributed by atoms with E-state index >= 15 is 0 Å². The molecule has 0 aliphatic carbocycles. The van der Waals surface area contributed by atoms with Gasteiger partial charge in [0, 0.05) is 19.6 Å². The van der Waals surface area contributed by atoms with E-state index in [0.717, 1.165) is 18.2 Å². The van der Waals surface area contributed by atoms with Crippen molar-refractivity contribution < 1.29 is 14.3 Å². The Labute approximate surface area is 139 Å². The van der Waals surface area contributed by atoms with Crippen molar-refractivity contribution in [1.29, 1.82) is 0 Å². The van der Waals surface area contributed by atoms with Crippen LogP contribution in [0.3, 0.4) is 0 Å². The maximum atomic E-state index is 12.2. The van der Waals surface area contributed by atoms with Gasteiger partial charge in [-0.05, 0) is 12.8 Å². The predicted octanol–water partition coefficient (Wildman–Crippen LogP) is 0.888. The predicted molar refractivity (Wildman–Crippen MR) is 88.7 cm³/mol. The van der Waals surface area contributed by atoms with E-state index in [9.17, 15) is 9.59 Å². The van der Waals surface area contributed by atoms with Crippen LogP contribution < -0.4 is 21.1 Å². The minimum Gasteiger partial charge on any atom is -0.378 e. The van der Waals surface area contributed by atoms with Crippen molar-refractivity contribution in [3.63, 3.8) is 0 Å². The van der Waals surface area contributed by atoms with Gasteiger partial charge in [0.15, 0.2) is 5.13 Å². The molecule has 3 N–H and O–H groups in total. The monoisotopic (exact) mass is 341 g/mol. The van der Waals surface area contributed by atoms with Gasteiger partial charge in [-0.25, -0.2) is 15.2 Å². The smallest absolute Gasteiger partial charge is 0.333 e. The third-order valence-corrected chi connectivity index (χ3v) is 4.45. The number of aromatic nitrogens is 1. The quantitative estimate of drug-likeness (QED) is 0.707. The number of anilines is 1. The molecule has 1 saturated heterocycles. The fraction of sp³-hybridized carbons (Fsp3) is 0.643. The molecular formula is C14H23N5O3S. The lowest BCUT2D eigenvalue weighted by Gasteiger charge is -2.25. The molecule has 0 radical (unpaired) electrons. The van der Waals surface area contributed by atoms with E-state index in [0.29, 0.717) is 36.2 Å². The summed E-state index contributed by atoms with van der Waals surface area (Å²) in [6, 6.07) is -0.428. The number of nitrogens with one attached hydrogen (secondary N) is 3. The van der Waals surface area contributed by atoms with E-state index in [2.05, 4.69) is 26.1 Å². The average molecular weight is 341 g/mol. The summed E-state index contributed by atoms with van der Waals surface area (Å²) < 4.78 is 5.31. The lowest BCUT2D eigenvalue weighted by Crippen LogP contribution is -2.47. The average Bonchev–Trinajstić information content (AvgIpc) is 2.93. The first-order valence-corrected chi connectivity index (χ1v) is 8.43. The number of ether oxygens (including phenoxy) is 1. The van der Waals surface area contributed by atoms with Gasteiger partial charge in [0.1, 0.15) is 4.88 Å². The van der Waals surface area contributed by atoms with Crippen LogP contribution in [0.4, 0.5) is 9.93 Å². The minimum atomic E-state index is -0.428. The second-order valence-corrected chi connectivity index (χ2v) is 6.67. The number of thiazole rings is 1. The van der Waals surface area contributed by atoms with Crippen LogP contribution in [0.1, 0.15) is 29.2 Å². The zero-order chi connectivity index (χ0) is 16.8. The molecule has 1 aliphatic heterocycles. The summed E-state index contributed by atoms with van der Waals surface area (Å²) in [6.07, 6.45) is 0. The van der Waals surface area contributed by atoms with Crippen LogP contribution in [0.2, 0.25) is 0 Å². The van der Waals surface area contributed by atoms with Gasteiger partial charge < -0.3 is 15.0 Å². The largest absolute Gasteiger partial charge is 0.378 e. The number of urea groups is 1. The lowest BCUT2D eigenvalue weighted by atomic mass is 10.2. The van der Waals surface area contributed by atoms with Gasteiger partial charge in [0.2, 0.25) is 0 Å². The van der Waals surface area contributed by atoms with Crippen molar-refractivity contribution >= 4 is 28.4 Å². The second-order valence-electron chi connectivity index (χ2n) is 5.69. The number of aryl methyl sites for hydroxylation is 1. The van der Waals surface area contributed by atoms with Crippen molar-refractivity contribution in [1.82, 2.24) is 21.2 Å². The third kappa shape index (κ3) is 5.07. The number of hydrogen-bond donors (Lipinski definition) is 3. The zero-order valence-corrected chi connectivity index (χ0v) is 14.5. The molecule has 1 aromatic heterocycles. The summed E-state index contributed by atoms with van der Waals surface area (Å²) >= 11 is 1.32. The van der Waals surface area contributed by atoms with Gasteiger partial charge in [-0.15, -0.1) is 0 Å². The number of amides is 3. The molecule has 0 aromatic carbocycles. The van der Waals surface area contributed by atoms with Crippen molar-refractivity contribution in [3.05, 3.63) is 10.6 Å². The van der Waals surface area contributed by atoms with E-state index < -0.39 is 6.03 Å². The second kappa shape index (κ2) is 8.11. The molecule has 2 rings (SSSR count). The fourth-order valence-corrected chi connectivity index (χ4v) is 3.01. The number of rotatable bonds is 4. The van der Waals surface area contributed by atoms with Crippen molar-refractivity contribution in [2.45, 2.75) is 20.8 Å². The highest BCUT2D eigenvalue weighted by atomic mass is 32.1. The molecule has 0 unspecified atom stereocenters. The molecule has 1 aromatic rings. The first-order chi connectivity index (χ1) is 11.0. The molecule has 23 heavy (non-hydrogen) atoms. The third-order valence-electron chi connectivity index (χ3n) is 3.23. The van der Waals surface area contributed by atoms with E-state index in [-0.39, 0.29) is 5.91 Å². The lowest BCUT2D eigenvalue weighted by molar-refractivity contribution is 0.0939. The fourth-order valence-electron chi connectivity index (χ4n) is 1.99. The summed E-state index contributed by atoms with van der Waals surface area (Å²) in [4.78, 5) is 30.8. The molecular weight excluding hydrogens is 318 g/mol. The number of carbonyl (C=O) groups excluding carboxylic acids is 2. The van der Waals surface area contributed by atoms with Gasteiger partial charge >= 0.3 is 6.03 Å². The minimum absolute atomic E-state index is 0.344. The van der Waals surface area contributed by atoms with Gasteiger partial charge in [0.05, 0.1) is 18.9 Å². The summed E-state index contributed by atoms with van der Waals surface area (Å²) in [5.74, 6) is -0.0181. The standard InChI is InChI=1S/C14H23N5O3S/c1-9(2)8-15-13(21)18-17-12(20)11-10(3)16-14(23-11)19-4-6-22-7-5-19/h9H,4-8H2,1-3H3,(H,17,20)(H2,15,18,21). The van der Waals surface area contributed by atoms with Crippen LogP contribution >= 0.6 is 11.3 Å². The van der Waals surface area contributed by atoms with E-state index in [1.807, 2.05) is 13.8 Å². The van der Waals surface area contributed by atoms with E-state index in [4.69, 9.17) is 4.74 Å². The highest BCUT2D eigenvalue weighted by Gasteiger charge is 2.20. The van der Waals surface area contributed by atoms with Crippen molar-refractivity contribution in [3.8, 4) is 0 Å². The first-order valence-electron chi connectivity index (χ1n) is 7.61. The molecule has 0 atom stereocenters. The molecule has 2 heterocycles. The number of nitrogens with zero attached hydrogens (tertiary/aromatic N) is 2. The summed E-state index contributed by atoms with van der Waals surface area (Å²) in [5.41, 5.74) is 5.41. The topological polar surface area (TPSA) is 95.6 Å². The van der Waals surface area contributed by atoms with Gasteiger partial charge in [-0.1, -0.05) is 25.2 Å².